The van der Waals surface area contributed by atoms with Crippen molar-refractivity contribution in [1.82, 2.24) is 14.6 Å². The molecule has 0 bridgehead atoms. The molecule has 0 spiro atoms. The van der Waals surface area contributed by atoms with Gasteiger partial charge in [0.05, 0.1) is 16.0 Å². The highest BCUT2D eigenvalue weighted by atomic mass is 31.2. The van der Waals surface area contributed by atoms with E-state index in [9.17, 15) is 29.2 Å². The van der Waals surface area contributed by atoms with Gasteiger partial charge < -0.3 is 24.2 Å². The molecule has 1 aromatic heterocycles. The van der Waals surface area contributed by atoms with Crippen LogP contribution < -0.4 is 20.9 Å². The minimum Gasteiger partial charge on any atom is -0.464 e. The Hall–Kier alpha value is -3.32. The van der Waals surface area contributed by atoms with Gasteiger partial charge in [0.25, 0.3) is 5.56 Å². The second kappa shape index (κ2) is 12.3. The second-order valence-corrected chi connectivity index (χ2v) is 12.0. The first-order valence-electron chi connectivity index (χ1n) is 13.9. The molecule has 14 heteroatoms. The van der Waals surface area contributed by atoms with E-state index >= 15 is 0 Å². The molecule has 0 aliphatic carbocycles. The summed E-state index contributed by atoms with van der Waals surface area (Å²) in [5, 5.41) is 25.9. The Kier molecular flexibility index (Phi) is 8.33. The molecule has 2 heterocycles. The number of aliphatic hydroxyl groups excluding tert-OH is 1. The van der Waals surface area contributed by atoms with Crippen molar-refractivity contribution in [3.05, 3.63) is 75.5 Å². The van der Waals surface area contributed by atoms with Crippen molar-refractivity contribution in [3.63, 3.8) is 0 Å². The predicted molar refractivity (Wildman–Crippen MR) is 148 cm³/mol. The molecule has 0 radical (unpaired) electrons. The van der Waals surface area contributed by atoms with Gasteiger partial charge in [-0.3, -0.25) is 23.7 Å². The lowest BCUT2D eigenvalue weighted by Crippen LogP contribution is -2.47. The molecule has 13 nitrogen and oxygen atoms in total. The summed E-state index contributed by atoms with van der Waals surface area (Å²) in [5.41, 5.74) is -4.48. The number of carbonyl (C=O) groups is 1. The van der Waals surface area contributed by atoms with E-state index in [0.717, 1.165) is 12.3 Å². The summed E-state index contributed by atoms with van der Waals surface area (Å²) in [6, 6.07) is 10.2. The summed E-state index contributed by atoms with van der Waals surface area (Å²) in [4.78, 5) is 38.7. The molecule has 0 saturated carbocycles. The number of esters is 1. The van der Waals surface area contributed by atoms with Crippen LogP contribution in [0.15, 0.2) is 64.3 Å². The summed E-state index contributed by atoms with van der Waals surface area (Å²) in [7, 11) is -4.46. The van der Waals surface area contributed by atoms with Crippen LogP contribution in [-0.4, -0.2) is 62.8 Å². The number of hydrogen-bond donors (Lipinski definition) is 4. The van der Waals surface area contributed by atoms with E-state index in [-0.39, 0.29) is 18.3 Å². The number of benzene rings is 2. The molecule has 6 atom stereocenters. The fourth-order valence-electron chi connectivity index (χ4n) is 4.20. The van der Waals surface area contributed by atoms with Gasteiger partial charge in [-0.15, -0.1) is 0 Å². The molecule has 4 N–H and O–H groups in total. The zero-order valence-corrected chi connectivity index (χ0v) is 23.8. The second-order valence-electron chi connectivity index (χ2n) is 10.3. The minimum atomic E-state index is -4.46. The van der Waals surface area contributed by atoms with E-state index in [1.165, 1.54) is 6.92 Å². The van der Waals surface area contributed by atoms with Gasteiger partial charge >= 0.3 is 19.4 Å². The Labute approximate surface area is 238 Å². The third-order valence-electron chi connectivity index (χ3n) is 6.36. The van der Waals surface area contributed by atoms with Gasteiger partial charge in [-0.25, -0.2) is 9.36 Å². The molecule has 1 saturated heterocycles. The number of nitrogens with one attached hydrogen (secondary N) is 2. The lowest BCUT2D eigenvalue weighted by Gasteiger charge is -2.27. The number of nitrogens with zero attached hydrogens (tertiary/aromatic N) is 1. The molecule has 0 amide bonds. The van der Waals surface area contributed by atoms with Crippen LogP contribution in [0.4, 0.5) is 0 Å². The van der Waals surface area contributed by atoms with Crippen molar-refractivity contribution in [3.8, 4) is 5.75 Å². The first kappa shape index (κ1) is 27.8. The lowest BCUT2D eigenvalue weighted by atomic mass is 9.96. The van der Waals surface area contributed by atoms with Crippen molar-refractivity contribution in [2.24, 2.45) is 5.92 Å². The standard InChI is InChI=1S/C27H34N3O10P/c1-16(2)14-37-24(33)17(3)29-41(36,40-20-11-7-9-18-8-5-6-10-19(18)20)38-15-21-23(32)27(4,35)25(39-21)30-13-12-22(31)28-26(30)34/h5-13,16-17,21,23,25,32,35H,14-15H2,1-4H3,(H,29,36)(H,28,31,34)/t17?,21-,23-,25-,27-,41?/m1/s1/i12D,13D. The molecule has 4 rings (SSSR count). The molecule has 2 unspecified atom stereocenters. The number of H-pyrrole nitrogens is 1. The average molecular weight is 594 g/mol. The summed E-state index contributed by atoms with van der Waals surface area (Å²) >= 11 is 0. The fraction of sp³-hybridized carbons (Fsp3) is 0.444. The van der Waals surface area contributed by atoms with Crippen LogP contribution in [0.5, 0.6) is 5.75 Å². The molecule has 41 heavy (non-hydrogen) atoms. The Morgan fingerprint density at radius 1 is 1.24 bits per heavy atom. The SMILES string of the molecule is [2H]c1c([2H])n([C@@H]2O[C@H](COP(=O)(NC(C)C(=O)OCC(C)C)Oc3cccc4ccccc34)[C@@H](O)[C@@]2(C)O)c(=O)[nH]c1=O. The van der Waals surface area contributed by atoms with Crippen molar-refractivity contribution in [1.29, 1.82) is 0 Å². The normalized spacial score (nSPS) is 25.4. The van der Waals surface area contributed by atoms with Crippen molar-refractivity contribution < 1.29 is 40.8 Å². The topological polar surface area (TPSA) is 178 Å². The van der Waals surface area contributed by atoms with E-state index in [0.29, 0.717) is 9.95 Å². The van der Waals surface area contributed by atoms with E-state index < -0.39 is 73.9 Å². The van der Waals surface area contributed by atoms with Gasteiger partial charge in [0, 0.05) is 17.6 Å². The Balaban J connectivity index is 1.62. The van der Waals surface area contributed by atoms with Crippen LogP contribution >= 0.6 is 7.75 Å². The smallest absolute Gasteiger partial charge is 0.459 e. The zero-order valence-electron chi connectivity index (χ0n) is 24.9. The van der Waals surface area contributed by atoms with Crippen LogP contribution in [0.25, 0.3) is 10.8 Å². The van der Waals surface area contributed by atoms with Crippen molar-refractivity contribution in [2.45, 2.75) is 57.8 Å². The number of aliphatic hydroxyl groups is 2. The third-order valence-corrected chi connectivity index (χ3v) is 7.99. The van der Waals surface area contributed by atoms with Gasteiger partial charge in [-0.05, 0) is 31.2 Å². The number of aromatic nitrogens is 2. The molecule has 1 aliphatic rings. The van der Waals surface area contributed by atoms with Crippen LogP contribution in [0.2, 0.25) is 0 Å². The van der Waals surface area contributed by atoms with Crippen LogP contribution in [0.3, 0.4) is 0 Å². The van der Waals surface area contributed by atoms with E-state index in [1.54, 1.807) is 24.3 Å². The highest BCUT2D eigenvalue weighted by Crippen LogP contribution is 2.48. The number of hydrogen-bond acceptors (Lipinski definition) is 10. The predicted octanol–water partition coefficient (Wildman–Crippen LogP) is 2.08. The summed E-state index contributed by atoms with van der Waals surface area (Å²) in [6.07, 6.45) is -5.78. The summed E-state index contributed by atoms with van der Waals surface area (Å²) in [5.74, 6) is -0.500. The van der Waals surface area contributed by atoms with Gasteiger partial charge in [0.2, 0.25) is 0 Å². The number of rotatable bonds is 11. The van der Waals surface area contributed by atoms with Gasteiger partial charge in [0.1, 0.15) is 29.6 Å². The maximum atomic E-state index is 14.1. The first-order valence-corrected chi connectivity index (χ1v) is 14.4. The van der Waals surface area contributed by atoms with Gasteiger partial charge in [-0.2, -0.15) is 5.09 Å². The minimum absolute atomic E-state index is 0.0539. The van der Waals surface area contributed by atoms with Crippen LogP contribution in [0.1, 0.15) is 36.7 Å². The quantitative estimate of drug-likeness (QED) is 0.189. The average Bonchev–Trinajstić information content (AvgIpc) is 3.17. The van der Waals surface area contributed by atoms with Crippen molar-refractivity contribution >= 4 is 24.5 Å². The first-order chi connectivity index (χ1) is 20.1. The summed E-state index contributed by atoms with van der Waals surface area (Å²) < 4.78 is 52.9. The van der Waals surface area contributed by atoms with E-state index in [4.69, 9.17) is 21.3 Å². The summed E-state index contributed by atoms with van der Waals surface area (Å²) in [6.45, 7) is 5.68. The van der Waals surface area contributed by atoms with E-state index in [2.05, 4.69) is 5.09 Å². The van der Waals surface area contributed by atoms with Gasteiger partial charge in [0.15, 0.2) is 6.23 Å². The van der Waals surface area contributed by atoms with Crippen LogP contribution in [-0.2, 0) is 23.4 Å². The monoisotopic (exact) mass is 593 g/mol. The molecule has 222 valence electrons. The molecule has 1 fully saturated rings. The highest BCUT2D eigenvalue weighted by molar-refractivity contribution is 7.52. The fourth-order valence-corrected chi connectivity index (χ4v) is 5.72. The third kappa shape index (κ3) is 6.95. The Morgan fingerprint density at radius 2 is 1.95 bits per heavy atom. The maximum absolute atomic E-state index is 14.1. The highest BCUT2D eigenvalue weighted by Gasteiger charge is 2.54. The number of carbonyl (C=O) groups excluding carboxylic acids is 1. The Morgan fingerprint density at radius 3 is 2.68 bits per heavy atom. The molecule has 1 aliphatic heterocycles. The van der Waals surface area contributed by atoms with Crippen LogP contribution in [0, 0.1) is 5.92 Å². The zero-order chi connectivity index (χ0) is 31.7. The lowest BCUT2D eigenvalue weighted by molar-refractivity contribution is -0.146. The van der Waals surface area contributed by atoms with E-state index in [1.807, 2.05) is 37.0 Å². The number of fused-ring (bicyclic) bond motifs is 1. The van der Waals surface area contributed by atoms with Gasteiger partial charge in [-0.1, -0.05) is 50.2 Å². The molecular weight excluding hydrogens is 557 g/mol. The molecule has 2 aromatic carbocycles. The van der Waals surface area contributed by atoms with Crippen molar-refractivity contribution in [2.75, 3.05) is 13.2 Å². The number of aromatic amines is 1. The molecular formula is C27H34N3O10P. The Bertz CT molecular complexity index is 1650. The molecule has 3 aromatic rings. The number of ether oxygens (including phenoxy) is 2. The maximum Gasteiger partial charge on any atom is 0.459 e. The largest absolute Gasteiger partial charge is 0.464 e.